The third-order valence-electron chi connectivity index (χ3n) is 7.01. The fraction of sp³-hybridized carbons (Fsp3) is 0.345. The summed E-state index contributed by atoms with van der Waals surface area (Å²) < 4.78 is 42.7. The van der Waals surface area contributed by atoms with Crippen LogP contribution in [0.1, 0.15) is 55.9 Å². The summed E-state index contributed by atoms with van der Waals surface area (Å²) in [6.45, 7) is 1.47. The van der Waals surface area contributed by atoms with Gasteiger partial charge >= 0.3 is 5.97 Å². The van der Waals surface area contributed by atoms with Crippen LogP contribution < -0.4 is 9.47 Å². The molecule has 0 atom stereocenters. The van der Waals surface area contributed by atoms with Crippen LogP contribution in [0.2, 0.25) is 5.02 Å². The average molecular weight is 555 g/mol. The Bertz CT molecular complexity index is 1590. The highest BCUT2D eigenvalue weighted by Crippen LogP contribution is 2.31. The minimum Gasteiger partial charge on any atom is -0.492 e. The minimum absolute atomic E-state index is 0.00382. The molecule has 5 rings (SSSR count). The van der Waals surface area contributed by atoms with Crippen LogP contribution in [0.5, 0.6) is 11.6 Å². The van der Waals surface area contributed by atoms with E-state index in [2.05, 4.69) is 9.88 Å². The summed E-state index contributed by atoms with van der Waals surface area (Å²) in [6.07, 6.45) is 1.75. The second kappa shape index (κ2) is 11.6. The van der Waals surface area contributed by atoms with Crippen LogP contribution in [0.4, 0.5) is 4.39 Å². The van der Waals surface area contributed by atoms with Crippen molar-refractivity contribution in [1.82, 2.24) is 19.4 Å². The molecule has 0 saturated carbocycles. The lowest BCUT2D eigenvalue weighted by atomic mass is 9.93. The number of halogens is 2. The van der Waals surface area contributed by atoms with Crippen molar-refractivity contribution >= 4 is 28.6 Å². The van der Waals surface area contributed by atoms with Crippen molar-refractivity contribution in [1.29, 1.82) is 0 Å². The number of likely N-dealkylation sites (tertiary alicyclic amines) is 1. The summed E-state index contributed by atoms with van der Waals surface area (Å²) in [5.74, 6) is -0.0376. The van der Waals surface area contributed by atoms with Gasteiger partial charge in [0, 0.05) is 35.3 Å². The second-order valence-corrected chi connectivity index (χ2v) is 9.95. The first-order chi connectivity index (χ1) is 19.5. The van der Waals surface area contributed by atoms with Gasteiger partial charge in [0.25, 0.3) is 0 Å². The number of piperidine rings is 1. The van der Waals surface area contributed by atoms with E-state index in [-0.39, 0.29) is 23.8 Å². The van der Waals surface area contributed by atoms with Crippen LogP contribution in [0, 0.1) is 5.82 Å². The number of aromatic nitrogens is 3. The summed E-state index contributed by atoms with van der Waals surface area (Å²) >= 11 is 5.83. The van der Waals surface area contributed by atoms with Gasteiger partial charge in [-0.1, -0.05) is 23.7 Å². The smallest absolute Gasteiger partial charge is 0.335 e. The molecule has 0 spiro atoms. The first kappa shape index (κ1) is 24.4. The van der Waals surface area contributed by atoms with Gasteiger partial charge in [-0.25, -0.2) is 19.2 Å². The van der Waals surface area contributed by atoms with Crippen molar-refractivity contribution in [2.24, 2.45) is 7.05 Å². The molecular weight excluding hydrogens is 523 g/mol. The molecule has 0 amide bonds. The van der Waals surface area contributed by atoms with Crippen LogP contribution >= 0.6 is 11.6 Å². The Labute approximate surface area is 233 Å². The summed E-state index contributed by atoms with van der Waals surface area (Å²) in [5, 5.41) is 9.88. The number of carboxylic acid groups (broad SMARTS) is 1. The van der Waals surface area contributed by atoms with Crippen LogP contribution in [-0.2, 0) is 20.2 Å². The molecule has 0 unspecified atom stereocenters. The van der Waals surface area contributed by atoms with Crippen LogP contribution in [0.3, 0.4) is 0 Å². The van der Waals surface area contributed by atoms with Crippen LogP contribution in [0.15, 0.2) is 48.5 Å². The van der Waals surface area contributed by atoms with E-state index in [9.17, 15) is 14.3 Å². The molecule has 1 fully saturated rings. The Morgan fingerprint density at radius 3 is 2.69 bits per heavy atom. The van der Waals surface area contributed by atoms with Crippen LogP contribution in [0.25, 0.3) is 11.0 Å². The molecule has 2 aromatic carbocycles. The topological polar surface area (TPSA) is 89.7 Å². The normalized spacial score (nSPS) is 15.7. The Kier molecular flexibility index (Phi) is 7.24. The maximum Gasteiger partial charge on any atom is 0.335 e. The predicted molar refractivity (Wildman–Crippen MR) is 146 cm³/mol. The second-order valence-electron chi connectivity index (χ2n) is 9.52. The van der Waals surface area contributed by atoms with Gasteiger partial charge in [0.15, 0.2) is 0 Å². The van der Waals surface area contributed by atoms with Crippen molar-refractivity contribution < 1.29 is 26.5 Å². The number of aryl methyl sites for hydroxylation is 1. The molecule has 1 saturated heterocycles. The molecule has 0 aliphatic carbocycles. The molecule has 39 heavy (non-hydrogen) atoms. The number of benzene rings is 2. The number of fused-ring (bicyclic) bond motifs is 1. The van der Waals surface area contributed by atoms with Gasteiger partial charge in [0.05, 0.1) is 26.9 Å². The highest BCUT2D eigenvalue weighted by atomic mass is 35.5. The number of imidazole rings is 1. The van der Waals surface area contributed by atoms with Gasteiger partial charge in [-0.05, 0) is 63.2 Å². The number of carbonyl (C=O) groups is 1. The number of nitrogens with zero attached hydrogens (tertiary/aromatic N) is 4. The average Bonchev–Trinajstić information content (AvgIpc) is 3.23. The maximum atomic E-state index is 14.1. The van der Waals surface area contributed by atoms with E-state index < -0.39 is 18.3 Å². The quantitative estimate of drug-likeness (QED) is 0.279. The molecule has 1 aliphatic heterocycles. The fourth-order valence-corrected chi connectivity index (χ4v) is 5.03. The first-order valence-electron chi connectivity index (χ1n) is 13.6. The van der Waals surface area contributed by atoms with E-state index in [4.69, 9.17) is 28.8 Å². The first-order valence-corrected chi connectivity index (χ1v) is 13.0. The highest BCUT2D eigenvalue weighted by molar-refractivity contribution is 6.30. The summed E-state index contributed by atoms with van der Waals surface area (Å²) in [4.78, 5) is 23.3. The standard InChI is InChI=1S/C29H30ClFN4O4/c1-3-38-25-14-20(29(36)37)13-24-28(25)33-26(34(24)2)16-35-11-9-18(10-12-35)23-5-4-6-27(32-23)39-17-19-7-8-21(30)15-22(19)31/h4-8,13-15,18H,3,9-12,16-17H2,1-2H3,(H,36,37)/i3D2. The Morgan fingerprint density at radius 1 is 1.18 bits per heavy atom. The van der Waals surface area contributed by atoms with E-state index in [1.54, 1.807) is 18.2 Å². The molecule has 4 aromatic rings. The number of carboxylic acids is 1. The Morgan fingerprint density at radius 2 is 1.97 bits per heavy atom. The molecule has 8 nitrogen and oxygen atoms in total. The van der Waals surface area contributed by atoms with Gasteiger partial charge in [-0.2, -0.15) is 0 Å². The molecule has 3 heterocycles. The van der Waals surface area contributed by atoms with Crippen LogP contribution in [-0.4, -0.2) is 50.2 Å². The third kappa shape index (κ3) is 5.99. The lowest BCUT2D eigenvalue weighted by Gasteiger charge is -2.31. The number of ether oxygens (including phenoxy) is 2. The number of hydrogen-bond acceptors (Lipinski definition) is 6. The SMILES string of the molecule is [2H]C([2H])(C)Oc1cc(C(=O)O)cc2c1nc(CN1CCC(c3cccc(OCc4ccc(Cl)cc4F)n3)CC1)n2C. The zero-order chi connectivity index (χ0) is 29.3. The lowest BCUT2D eigenvalue weighted by molar-refractivity contribution is 0.0696. The molecule has 1 N–H and O–H groups in total. The van der Waals surface area contributed by atoms with Gasteiger partial charge in [0.1, 0.15) is 29.5 Å². The van der Waals surface area contributed by atoms with Crippen molar-refractivity contribution in [2.45, 2.75) is 38.8 Å². The summed E-state index contributed by atoms with van der Waals surface area (Å²) in [7, 11) is 1.82. The molecule has 10 heteroatoms. The van der Waals surface area contributed by atoms with Crippen molar-refractivity contribution in [3.05, 3.63) is 82.0 Å². The number of rotatable bonds is 9. The van der Waals surface area contributed by atoms with Gasteiger partial charge < -0.3 is 19.1 Å². The van der Waals surface area contributed by atoms with Gasteiger partial charge in [-0.15, -0.1) is 0 Å². The van der Waals surface area contributed by atoms with Crippen molar-refractivity contribution in [3.8, 4) is 11.6 Å². The van der Waals surface area contributed by atoms with E-state index in [0.29, 0.717) is 34.0 Å². The minimum atomic E-state index is -1.99. The molecule has 1 aliphatic rings. The fourth-order valence-electron chi connectivity index (χ4n) is 4.87. The zero-order valence-corrected chi connectivity index (χ0v) is 22.4. The highest BCUT2D eigenvalue weighted by Gasteiger charge is 2.24. The Balaban J connectivity index is 1.25. The summed E-state index contributed by atoms with van der Waals surface area (Å²) in [5.41, 5.74) is 2.33. The van der Waals surface area contributed by atoms with E-state index in [1.807, 2.05) is 23.7 Å². The molecule has 0 bridgehead atoms. The lowest BCUT2D eigenvalue weighted by Crippen LogP contribution is -2.33. The monoisotopic (exact) mass is 554 g/mol. The van der Waals surface area contributed by atoms with Crippen molar-refractivity contribution in [3.63, 3.8) is 0 Å². The van der Waals surface area contributed by atoms with E-state index >= 15 is 0 Å². The third-order valence-corrected chi connectivity index (χ3v) is 7.24. The van der Waals surface area contributed by atoms with Gasteiger partial charge in [0.2, 0.25) is 5.88 Å². The number of aromatic carboxylic acids is 1. The van der Waals surface area contributed by atoms with E-state index in [0.717, 1.165) is 37.4 Å². The summed E-state index contributed by atoms with van der Waals surface area (Å²) in [6, 6.07) is 13.0. The van der Waals surface area contributed by atoms with Gasteiger partial charge in [-0.3, -0.25) is 4.90 Å². The van der Waals surface area contributed by atoms with E-state index in [1.165, 1.54) is 25.1 Å². The zero-order valence-electron chi connectivity index (χ0n) is 23.7. The largest absolute Gasteiger partial charge is 0.492 e. The Hall–Kier alpha value is -3.69. The number of hydrogen-bond donors (Lipinski definition) is 1. The number of pyridine rings is 1. The maximum absolute atomic E-state index is 14.1. The molecular formula is C29H30ClFN4O4. The molecule has 204 valence electrons. The van der Waals surface area contributed by atoms with Crippen molar-refractivity contribution in [2.75, 3.05) is 19.6 Å². The molecule has 0 radical (unpaired) electrons. The predicted octanol–water partition coefficient (Wildman–Crippen LogP) is 5.82. The molecule has 2 aromatic heterocycles.